The Balaban J connectivity index is 1.96. The Morgan fingerprint density at radius 3 is 2.19 bits per heavy atom. The minimum atomic E-state index is -0.488. The molecule has 4 unspecified atom stereocenters. The number of aliphatic hydroxyl groups is 1. The van der Waals surface area contributed by atoms with Crippen molar-refractivity contribution in [3.05, 3.63) is 23.3 Å². The Morgan fingerprint density at radius 1 is 1.05 bits per heavy atom. The molecule has 0 saturated carbocycles. The van der Waals surface area contributed by atoms with Crippen LogP contribution in [0.15, 0.2) is 12.1 Å². The van der Waals surface area contributed by atoms with E-state index >= 15 is 0 Å². The zero-order valence-electron chi connectivity index (χ0n) is 26.5. The molecule has 3 rings (SSSR count). The van der Waals surface area contributed by atoms with E-state index in [0.717, 1.165) is 24.0 Å². The second-order valence-corrected chi connectivity index (χ2v) is 15.3. The van der Waals surface area contributed by atoms with Gasteiger partial charge in [0.2, 0.25) is 0 Å². The fourth-order valence-electron chi connectivity index (χ4n) is 6.25. The van der Waals surface area contributed by atoms with Crippen LogP contribution in [-0.4, -0.2) is 36.7 Å². The SMILES string of the molecule is CCC(C)(C)C(C)C(C)CCC1(C)OB(c2cc(C(C)(C)C)c3c(c2)C(C)(C)CC(O)N3C)OC1(C)C. The Hall–Kier alpha value is -1.04. The Labute approximate surface area is 229 Å². The summed E-state index contributed by atoms with van der Waals surface area (Å²) in [5.74, 6) is 1.26. The van der Waals surface area contributed by atoms with Crippen LogP contribution in [0, 0.1) is 17.3 Å². The molecule has 2 aliphatic rings. The molecule has 1 N–H and O–H groups in total. The van der Waals surface area contributed by atoms with Crippen molar-refractivity contribution in [2.45, 2.75) is 144 Å². The molecule has 4 nitrogen and oxygen atoms in total. The molecule has 37 heavy (non-hydrogen) atoms. The molecule has 210 valence electrons. The summed E-state index contributed by atoms with van der Waals surface area (Å²) in [6.07, 6.45) is 3.49. The number of hydrogen-bond donors (Lipinski definition) is 1. The van der Waals surface area contributed by atoms with Gasteiger partial charge in [0.1, 0.15) is 6.23 Å². The molecule has 0 radical (unpaired) electrons. The minimum absolute atomic E-state index is 0.0867. The second-order valence-electron chi connectivity index (χ2n) is 15.3. The second kappa shape index (κ2) is 9.86. The van der Waals surface area contributed by atoms with Crippen LogP contribution in [0.4, 0.5) is 5.69 Å². The number of aliphatic hydroxyl groups excluding tert-OH is 1. The third kappa shape index (κ3) is 5.66. The van der Waals surface area contributed by atoms with E-state index in [4.69, 9.17) is 9.31 Å². The standard InChI is InChI=1S/C32H56BNO3/c1-15-29(7,8)22(3)21(2)16-17-32(13)31(11,12)36-33(37-32)23-18-24(28(4,5)6)27-25(19-23)30(9,10)20-26(35)34(27)14/h18-19,21-22,26,35H,15-17,20H2,1-14H3. The molecule has 2 aliphatic heterocycles. The van der Waals surface area contributed by atoms with Gasteiger partial charge >= 0.3 is 7.12 Å². The lowest BCUT2D eigenvalue weighted by Crippen LogP contribution is -2.46. The molecule has 0 aliphatic carbocycles. The Morgan fingerprint density at radius 2 is 1.65 bits per heavy atom. The lowest BCUT2D eigenvalue weighted by atomic mass is 9.67. The van der Waals surface area contributed by atoms with Crippen LogP contribution in [0.1, 0.15) is 127 Å². The van der Waals surface area contributed by atoms with Crippen molar-refractivity contribution in [3.8, 4) is 0 Å². The van der Waals surface area contributed by atoms with Gasteiger partial charge in [0.15, 0.2) is 0 Å². The molecule has 1 saturated heterocycles. The maximum Gasteiger partial charge on any atom is 0.494 e. The lowest BCUT2D eigenvalue weighted by Gasteiger charge is -2.45. The fraction of sp³-hybridized carbons (Fsp3) is 0.812. The number of nitrogens with zero attached hydrogens (tertiary/aromatic N) is 1. The van der Waals surface area contributed by atoms with Crippen LogP contribution in [0.5, 0.6) is 0 Å². The summed E-state index contributed by atoms with van der Waals surface area (Å²) >= 11 is 0. The highest BCUT2D eigenvalue weighted by atomic mass is 16.7. The van der Waals surface area contributed by atoms with Crippen molar-refractivity contribution in [1.29, 1.82) is 0 Å². The first-order valence-corrected chi connectivity index (χ1v) is 14.6. The number of fused-ring (bicyclic) bond motifs is 1. The highest BCUT2D eigenvalue weighted by molar-refractivity contribution is 6.62. The topological polar surface area (TPSA) is 41.9 Å². The van der Waals surface area contributed by atoms with Gasteiger partial charge in [0, 0.05) is 19.2 Å². The monoisotopic (exact) mass is 513 g/mol. The van der Waals surface area contributed by atoms with Crippen molar-refractivity contribution >= 4 is 18.3 Å². The highest BCUT2D eigenvalue weighted by Gasteiger charge is 2.55. The maximum absolute atomic E-state index is 10.9. The molecule has 2 heterocycles. The number of rotatable bonds is 7. The first-order valence-electron chi connectivity index (χ1n) is 14.6. The van der Waals surface area contributed by atoms with Gasteiger partial charge in [0.25, 0.3) is 0 Å². The van der Waals surface area contributed by atoms with Crippen molar-refractivity contribution in [2.75, 3.05) is 11.9 Å². The predicted molar refractivity (Wildman–Crippen MR) is 159 cm³/mol. The molecule has 4 atom stereocenters. The average molecular weight is 514 g/mol. The van der Waals surface area contributed by atoms with E-state index in [1.807, 2.05) is 7.05 Å². The summed E-state index contributed by atoms with van der Waals surface area (Å²) in [6.45, 7) is 29.7. The van der Waals surface area contributed by atoms with Gasteiger partial charge in [-0.1, -0.05) is 87.8 Å². The van der Waals surface area contributed by atoms with Crippen molar-refractivity contribution in [2.24, 2.45) is 17.3 Å². The number of hydrogen-bond acceptors (Lipinski definition) is 4. The van der Waals surface area contributed by atoms with Crippen LogP contribution in [-0.2, 0) is 20.1 Å². The van der Waals surface area contributed by atoms with E-state index in [1.165, 1.54) is 17.5 Å². The van der Waals surface area contributed by atoms with Crippen LogP contribution >= 0.6 is 0 Å². The van der Waals surface area contributed by atoms with E-state index < -0.39 is 18.9 Å². The molecule has 0 bridgehead atoms. The minimum Gasteiger partial charge on any atom is -0.399 e. The van der Waals surface area contributed by atoms with Gasteiger partial charge in [-0.3, -0.25) is 0 Å². The largest absolute Gasteiger partial charge is 0.494 e. The molecule has 5 heteroatoms. The van der Waals surface area contributed by atoms with E-state index in [9.17, 15) is 5.11 Å². The van der Waals surface area contributed by atoms with Gasteiger partial charge in [-0.05, 0) is 78.3 Å². The maximum atomic E-state index is 10.9. The van der Waals surface area contributed by atoms with Crippen LogP contribution < -0.4 is 10.4 Å². The smallest absolute Gasteiger partial charge is 0.399 e. The third-order valence-electron chi connectivity index (χ3n) is 10.6. The predicted octanol–water partition coefficient (Wildman–Crippen LogP) is 7.19. The average Bonchev–Trinajstić information content (AvgIpc) is 3.02. The first kappa shape index (κ1) is 30.5. The quantitative estimate of drug-likeness (QED) is 0.392. The van der Waals surface area contributed by atoms with Gasteiger partial charge in [0.05, 0.1) is 11.2 Å². The molecule has 1 aromatic carbocycles. The summed E-state index contributed by atoms with van der Waals surface area (Å²) in [6, 6.07) is 4.55. The molecule has 0 amide bonds. The Bertz CT molecular complexity index is 962. The van der Waals surface area contributed by atoms with Crippen LogP contribution in [0.3, 0.4) is 0 Å². The zero-order chi connectivity index (χ0) is 28.4. The summed E-state index contributed by atoms with van der Waals surface area (Å²) in [4.78, 5) is 2.05. The molecule has 0 spiro atoms. The van der Waals surface area contributed by atoms with Crippen molar-refractivity contribution in [1.82, 2.24) is 0 Å². The number of benzene rings is 1. The van der Waals surface area contributed by atoms with Crippen molar-refractivity contribution < 1.29 is 14.4 Å². The molecule has 1 fully saturated rings. The molecular formula is C32H56BNO3. The summed E-state index contributed by atoms with van der Waals surface area (Å²) in [5, 5.41) is 10.9. The van der Waals surface area contributed by atoms with Gasteiger partial charge in [-0.2, -0.15) is 0 Å². The molecular weight excluding hydrogens is 457 g/mol. The van der Waals surface area contributed by atoms with E-state index in [1.54, 1.807) is 0 Å². The summed E-state index contributed by atoms with van der Waals surface area (Å²) < 4.78 is 13.6. The fourth-order valence-corrected chi connectivity index (χ4v) is 6.25. The first-order chi connectivity index (χ1) is 16.7. The Kier molecular flexibility index (Phi) is 8.13. The van der Waals surface area contributed by atoms with E-state index in [2.05, 4.69) is 107 Å². The van der Waals surface area contributed by atoms with E-state index in [-0.39, 0.29) is 16.4 Å². The normalized spacial score (nSPS) is 27.3. The zero-order valence-corrected chi connectivity index (χ0v) is 26.5. The molecule has 0 aromatic heterocycles. The third-order valence-corrected chi connectivity index (χ3v) is 10.6. The highest BCUT2D eigenvalue weighted by Crippen LogP contribution is 2.47. The summed E-state index contributed by atoms with van der Waals surface area (Å²) in [7, 11) is 1.61. The molecule has 1 aromatic rings. The van der Waals surface area contributed by atoms with Gasteiger partial charge in [-0.15, -0.1) is 0 Å². The number of anilines is 1. The van der Waals surface area contributed by atoms with Crippen LogP contribution in [0.2, 0.25) is 0 Å². The lowest BCUT2D eigenvalue weighted by molar-refractivity contribution is -0.0226. The van der Waals surface area contributed by atoms with Crippen LogP contribution in [0.25, 0.3) is 0 Å². The van der Waals surface area contributed by atoms with E-state index in [0.29, 0.717) is 23.7 Å². The van der Waals surface area contributed by atoms with Gasteiger partial charge < -0.3 is 19.3 Å². The summed E-state index contributed by atoms with van der Waals surface area (Å²) in [5.41, 5.74) is 4.08. The van der Waals surface area contributed by atoms with Gasteiger partial charge in [-0.25, -0.2) is 0 Å². The van der Waals surface area contributed by atoms with Crippen molar-refractivity contribution in [3.63, 3.8) is 0 Å².